The number of carbonyl (C=O) groups excluding carboxylic acids is 1. The van der Waals surface area contributed by atoms with Crippen LogP contribution in [0.1, 0.15) is 65.5 Å². The number of Topliss-reactive ketones (excluding diaryl/α,β-unsaturated/α-hetero) is 1. The molecule has 0 unspecified atom stereocenters. The predicted molar refractivity (Wildman–Crippen MR) is 109 cm³/mol. The van der Waals surface area contributed by atoms with Crippen LogP contribution in [0.4, 0.5) is 0 Å². The number of hydrogen-bond donors (Lipinski definition) is 1. The molecule has 0 atom stereocenters. The van der Waals surface area contributed by atoms with E-state index in [4.69, 9.17) is 0 Å². The van der Waals surface area contributed by atoms with Crippen LogP contribution in [-0.2, 0) is 13.0 Å². The monoisotopic (exact) mass is 392 g/mol. The van der Waals surface area contributed by atoms with Gasteiger partial charge in [0.05, 0.1) is 5.56 Å². The van der Waals surface area contributed by atoms with Crippen molar-refractivity contribution in [2.24, 2.45) is 0 Å². The third kappa shape index (κ3) is 4.74. The molecule has 29 heavy (non-hydrogen) atoms. The highest BCUT2D eigenvalue weighted by Gasteiger charge is 2.16. The minimum Gasteiger partial charge on any atom is -0.478 e. The normalized spacial score (nSPS) is 10.8. The van der Waals surface area contributed by atoms with E-state index < -0.39 is 5.97 Å². The van der Waals surface area contributed by atoms with E-state index >= 15 is 0 Å². The molecular weight excluding hydrogens is 368 g/mol. The fourth-order valence-electron chi connectivity index (χ4n) is 3.07. The third-order valence-corrected chi connectivity index (χ3v) is 4.72. The number of unbranched alkanes of at least 4 members (excludes halogenated alkanes) is 1. The van der Waals surface area contributed by atoms with Gasteiger partial charge in [-0.05, 0) is 29.2 Å². The SMILES string of the molecule is CCCCn1nc(C(=O)CC)nc1Cc1ccc(-c2ccncc2C(=O)O)cc1. The molecule has 3 rings (SSSR count). The highest BCUT2D eigenvalue weighted by atomic mass is 16.4. The van der Waals surface area contributed by atoms with Gasteiger partial charge in [0, 0.05) is 31.8 Å². The Morgan fingerprint density at radius 1 is 1.10 bits per heavy atom. The van der Waals surface area contributed by atoms with Gasteiger partial charge in [0.25, 0.3) is 0 Å². The molecule has 0 fully saturated rings. The largest absolute Gasteiger partial charge is 0.478 e. The Kier molecular flexibility index (Phi) is 6.49. The van der Waals surface area contributed by atoms with Crippen molar-refractivity contribution >= 4 is 11.8 Å². The molecule has 3 aromatic rings. The van der Waals surface area contributed by atoms with Crippen molar-refractivity contribution in [2.45, 2.75) is 46.1 Å². The maximum absolute atomic E-state index is 12.0. The molecule has 0 aliphatic rings. The topological polar surface area (TPSA) is 98.0 Å². The van der Waals surface area contributed by atoms with Crippen LogP contribution in [0.15, 0.2) is 42.7 Å². The average Bonchev–Trinajstić information content (AvgIpc) is 3.14. The van der Waals surface area contributed by atoms with Crippen molar-refractivity contribution in [1.29, 1.82) is 0 Å². The summed E-state index contributed by atoms with van der Waals surface area (Å²) in [5.74, 6) is -0.0266. The van der Waals surface area contributed by atoms with E-state index in [2.05, 4.69) is 22.0 Å². The summed E-state index contributed by atoms with van der Waals surface area (Å²) in [6.45, 7) is 4.64. The highest BCUT2D eigenvalue weighted by Crippen LogP contribution is 2.24. The van der Waals surface area contributed by atoms with Gasteiger partial charge in [-0.3, -0.25) is 9.78 Å². The van der Waals surface area contributed by atoms with Crippen LogP contribution in [0, 0.1) is 0 Å². The van der Waals surface area contributed by atoms with Crippen molar-refractivity contribution in [3.63, 3.8) is 0 Å². The van der Waals surface area contributed by atoms with Gasteiger partial charge in [-0.25, -0.2) is 14.5 Å². The summed E-state index contributed by atoms with van der Waals surface area (Å²) in [5.41, 5.74) is 2.62. The Morgan fingerprint density at radius 2 is 1.86 bits per heavy atom. The lowest BCUT2D eigenvalue weighted by molar-refractivity contribution is 0.0697. The number of ketones is 1. The Hall–Kier alpha value is -3.35. The van der Waals surface area contributed by atoms with Crippen LogP contribution in [0.25, 0.3) is 11.1 Å². The lowest BCUT2D eigenvalue weighted by Gasteiger charge is -2.08. The van der Waals surface area contributed by atoms with Crippen LogP contribution in [-0.4, -0.2) is 36.6 Å². The first kappa shape index (κ1) is 20.4. The summed E-state index contributed by atoms with van der Waals surface area (Å²) < 4.78 is 1.83. The number of aromatic carboxylic acids is 1. The van der Waals surface area contributed by atoms with Crippen molar-refractivity contribution in [3.05, 3.63) is 65.5 Å². The fraction of sp³-hybridized carbons (Fsp3) is 0.318. The lowest BCUT2D eigenvalue weighted by atomic mass is 10.00. The second-order valence-corrected chi connectivity index (χ2v) is 6.81. The average molecular weight is 392 g/mol. The van der Waals surface area contributed by atoms with E-state index in [0.29, 0.717) is 18.4 Å². The van der Waals surface area contributed by atoms with Gasteiger partial charge in [0.1, 0.15) is 5.82 Å². The van der Waals surface area contributed by atoms with Crippen molar-refractivity contribution in [3.8, 4) is 11.1 Å². The van der Waals surface area contributed by atoms with Gasteiger partial charge in [0.2, 0.25) is 11.6 Å². The van der Waals surface area contributed by atoms with Crippen LogP contribution in [0.5, 0.6) is 0 Å². The molecule has 0 radical (unpaired) electrons. The maximum atomic E-state index is 12.0. The zero-order chi connectivity index (χ0) is 20.8. The van der Waals surface area contributed by atoms with E-state index in [1.54, 1.807) is 19.2 Å². The second-order valence-electron chi connectivity index (χ2n) is 6.81. The first-order valence-corrected chi connectivity index (χ1v) is 9.77. The number of carbonyl (C=O) groups is 2. The first-order chi connectivity index (χ1) is 14.0. The Balaban J connectivity index is 1.85. The second kappa shape index (κ2) is 9.23. The number of benzene rings is 1. The van der Waals surface area contributed by atoms with Crippen molar-refractivity contribution < 1.29 is 14.7 Å². The highest BCUT2D eigenvalue weighted by molar-refractivity contribution is 5.95. The van der Waals surface area contributed by atoms with Gasteiger partial charge in [-0.15, -0.1) is 5.10 Å². The molecule has 1 aromatic carbocycles. The molecule has 2 heterocycles. The molecule has 7 heteroatoms. The molecule has 0 spiro atoms. The quantitative estimate of drug-likeness (QED) is 0.552. The zero-order valence-corrected chi connectivity index (χ0v) is 16.6. The predicted octanol–water partition coefficient (Wildman–Crippen LogP) is 4.02. The number of pyridine rings is 1. The minimum atomic E-state index is -1.01. The van der Waals surface area contributed by atoms with Crippen molar-refractivity contribution in [1.82, 2.24) is 19.7 Å². The van der Waals surface area contributed by atoms with Gasteiger partial charge in [0.15, 0.2) is 0 Å². The molecule has 2 aromatic heterocycles. The molecule has 150 valence electrons. The van der Waals surface area contributed by atoms with Crippen LogP contribution in [0.3, 0.4) is 0 Å². The molecule has 7 nitrogen and oxygen atoms in total. The van der Waals surface area contributed by atoms with Gasteiger partial charge in [-0.2, -0.15) is 0 Å². The number of carboxylic acids is 1. The number of aromatic nitrogens is 4. The van der Waals surface area contributed by atoms with E-state index in [9.17, 15) is 14.7 Å². The van der Waals surface area contributed by atoms with Crippen molar-refractivity contribution in [2.75, 3.05) is 0 Å². The summed E-state index contributed by atoms with van der Waals surface area (Å²) in [7, 11) is 0. The third-order valence-electron chi connectivity index (χ3n) is 4.72. The summed E-state index contributed by atoms with van der Waals surface area (Å²) in [6.07, 6.45) is 5.87. The van der Waals surface area contributed by atoms with E-state index in [0.717, 1.165) is 36.3 Å². The fourth-order valence-corrected chi connectivity index (χ4v) is 3.07. The van der Waals surface area contributed by atoms with Crippen LogP contribution in [0.2, 0.25) is 0 Å². The molecule has 0 amide bonds. The number of nitrogens with zero attached hydrogens (tertiary/aromatic N) is 4. The first-order valence-electron chi connectivity index (χ1n) is 9.77. The zero-order valence-electron chi connectivity index (χ0n) is 16.6. The summed E-state index contributed by atoms with van der Waals surface area (Å²) in [6, 6.07) is 9.37. The molecule has 0 bridgehead atoms. The number of carboxylic acid groups (broad SMARTS) is 1. The summed E-state index contributed by atoms with van der Waals surface area (Å²) in [5, 5.41) is 13.8. The Labute approximate surface area is 169 Å². The van der Waals surface area contributed by atoms with Gasteiger partial charge >= 0.3 is 5.97 Å². The standard InChI is InChI=1S/C22H24N4O3/c1-3-5-12-26-20(24-21(25-26)19(27)4-2)13-15-6-8-16(9-7-15)17-10-11-23-14-18(17)22(28)29/h6-11,14H,3-5,12-13H2,1-2H3,(H,28,29). The molecule has 0 aliphatic heterocycles. The van der Waals surface area contributed by atoms with E-state index in [-0.39, 0.29) is 17.2 Å². The molecule has 0 aliphatic carbocycles. The number of aryl methyl sites for hydroxylation is 1. The van der Waals surface area contributed by atoms with E-state index in [1.165, 1.54) is 6.20 Å². The smallest absolute Gasteiger partial charge is 0.337 e. The lowest BCUT2D eigenvalue weighted by Crippen LogP contribution is -2.07. The number of hydrogen-bond acceptors (Lipinski definition) is 5. The Morgan fingerprint density at radius 3 is 2.52 bits per heavy atom. The minimum absolute atomic E-state index is 0.0595. The summed E-state index contributed by atoms with van der Waals surface area (Å²) in [4.78, 5) is 31.8. The van der Waals surface area contributed by atoms with E-state index in [1.807, 2.05) is 28.9 Å². The molecule has 0 saturated heterocycles. The maximum Gasteiger partial charge on any atom is 0.337 e. The van der Waals surface area contributed by atoms with Crippen LogP contribution < -0.4 is 0 Å². The molecule has 1 N–H and O–H groups in total. The number of rotatable bonds is 9. The van der Waals surface area contributed by atoms with Gasteiger partial charge in [-0.1, -0.05) is 44.5 Å². The van der Waals surface area contributed by atoms with Gasteiger partial charge < -0.3 is 5.11 Å². The molecular formula is C22H24N4O3. The molecule has 0 saturated carbocycles. The summed E-state index contributed by atoms with van der Waals surface area (Å²) >= 11 is 0. The van der Waals surface area contributed by atoms with Crippen LogP contribution >= 0.6 is 0 Å². The Bertz CT molecular complexity index is 1010.